The zero-order chi connectivity index (χ0) is 9.97. The predicted molar refractivity (Wildman–Crippen MR) is 58.3 cm³/mol. The molecule has 0 radical (unpaired) electrons. The van der Waals surface area contributed by atoms with E-state index in [4.69, 9.17) is 11.6 Å². The van der Waals surface area contributed by atoms with Crippen LogP contribution in [-0.2, 0) is 0 Å². The van der Waals surface area contributed by atoms with Crippen LogP contribution in [0.2, 0.25) is 0 Å². The summed E-state index contributed by atoms with van der Waals surface area (Å²) < 4.78 is 0. The molecule has 1 amide bonds. The first kappa shape index (κ1) is 9.03. The maximum Gasteiger partial charge on any atom is 0.324 e. The highest BCUT2D eigenvalue weighted by atomic mass is 35.5. The third kappa shape index (κ3) is 1.56. The van der Waals surface area contributed by atoms with Crippen LogP contribution in [0.3, 0.4) is 0 Å². The molecule has 1 aliphatic rings. The van der Waals surface area contributed by atoms with E-state index < -0.39 is 5.37 Å². The van der Waals surface area contributed by atoms with E-state index in [2.05, 4.69) is 0 Å². The fraction of sp³-hybridized carbons (Fsp3) is 0. The molecule has 0 aromatic heterocycles. The summed E-state index contributed by atoms with van der Waals surface area (Å²) in [4.78, 5) is 12.5. The van der Waals surface area contributed by atoms with Crippen molar-refractivity contribution in [3.8, 4) is 0 Å². The first-order valence-corrected chi connectivity index (χ1v) is 4.59. The number of halogens is 1. The number of carbonyl (C=O) groups is 1. The Kier molecular flexibility index (Phi) is 2.37. The van der Waals surface area contributed by atoms with Gasteiger partial charge in [0.1, 0.15) is 0 Å². The average Bonchev–Trinajstić information content (AvgIpc) is 2.39. The summed E-state index contributed by atoms with van der Waals surface area (Å²) in [6.45, 7) is 0. The molecule has 70 valence electrons. The van der Waals surface area contributed by atoms with Gasteiger partial charge in [-0.15, -0.1) is 0 Å². The minimum absolute atomic E-state index is 0.502. The monoisotopic (exact) mass is 205 g/mol. The molecule has 14 heavy (non-hydrogen) atoms. The standard InChI is InChI=1S/C11H8ClNO/c12-11(14)13-8-4-3-6-9-5-1-2-7-10(9)13/h1-8H. The van der Waals surface area contributed by atoms with Crippen LogP contribution in [0.4, 0.5) is 10.5 Å². The summed E-state index contributed by atoms with van der Waals surface area (Å²) >= 11 is 5.46. The van der Waals surface area contributed by atoms with Gasteiger partial charge in [0.2, 0.25) is 0 Å². The summed E-state index contributed by atoms with van der Waals surface area (Å²) in [6.07, 6.45) is 7.24. The lowest BCUT2D eigenvalue weighted by Crippen LogP contribution is -2.18. The molecule has 0 saturated heterocycles. The van der Waals surface area contributed by atoms with Crippen molar-refractivity contribution >= 4 is 28.7 Å². The molecule has 3 heteroatoms. The smallest absolute Gasteiger partial charge is 0.274 e. The maximum atomic E-state index is 11.1. The number of amides is 1. The van der Waals surface area contributed by atoms with Crippen LogP contribution in [-0.4, -0.2) is 5.37 Å². The van der Waals surface area contributed by atoms with Gasteiger partial charge in [-0.1, -0.05) is 30.4 Å². The predicted octanol–water partition coefficient (Wildman–Crippen LogP) is 3.39. The first-order valence-electron chi connectivity index (χ1n) is 4.21. The third-order valence-electron chi connectivity index (χ3n) is 2.01. The van der Waals surface area contributed by atoms with Crippen LogP contribution in [0, 0.1) is 0 Å². The molecule has 0 spiro atoms. The molecule has 1 aromatic rings. The van der Waals surface area contributed by atoms with Crippen molar-refractivity contribution in [3.63, 3.8) is 0 Å². The second-order valence-corrected chi connectivity index (χ2v) is 3.21. The number of fused-ring (bicyclic) bond motifs is 1. The molecule has 0 aliphatic carbocycles. The Bertz CT molecular complexity index is 423. The van der Waals surface area contributed by atoms with E-state index in [0.29, 0.717) is 0 Å². The van der Waals surface area contributed by atoms with Crippen LogP contribution in [0.15, 0.2) is 42.6 Å². The van der Waals surface area contributed by atoms with Gasteiger partial charge >= 0.3 is 5.37 Å². The SMILES string of the molecule is O=C(Cl)N1C=CC=Cc2ccccc21. The van der Waals surface area contributed by atoms with Gasteiger partial charge in [0.25, 0.3) is 0 Å². The lowest BCUT2D eigenvalue weighted by Gasteiger charge is -2.15. The molecule has 2 nitrogen and oxygen atoms in total. The number of benzene rings is 1. The number of anilines is 1. The van der Waals surface area contributed by atoms with Gasteiger partial charge in [-0.05, 0) is 29.3 Å². The lowest BCUT2D eigenvalue weighted by molar-refractivity contribution is 0.266. The second kappa shape index (κ2) is 3.68. The molecule has 0 atom stereocenters. The van der Waals surface area contributed by atoms with Crippen molar-refractivity contribution in [3.05, 3.63) is 48.2 Å². The molecule has 1 aromatic carbocycles. The molecule has 0 fully saturated rings. The van der Waals surface area contributed by atoms with Crippen LogP contribution >= 0.6 is 11.6 Å². The summed E-state index contributed by atoms with van der Waals surface area (Å²) in [5.74, 6) is 0. The summed E-state index contributed by atoms with van der Waals surface area (Å²) in [7, 11) is 0. The van der Waals surface area contributed by atoms with Gasteiger partial charge in [-0.25, -0.2) is 0 Å². The first-order chi connectivity index (χ1) is 6.79. The van der Waals surface area contributed by atoms with E-state index in [1.54, 1.807) is 12.3 Å². The van der Waals surface area contributed by atoms with Gasteiger partial charge in [0, 0.05) is 6.20 Å². The van der Waals surface area contributed by atoms with Crippen LogP contribution in [0.25, 0.3) is 6.08 Å². The number of allylic oxidation sites excluding steroid dienone is 2. The topological polar surface area (TPSA) is 20.3 Å². The van der Waals surface area contributed by atoms with E-state index in [1.165, 1.54) is 4.90 Å². The Balaban J connectivity index is 2.55. The highest BCUT2D eigenvalue weighted by Gasteiger charge is 2.13. The number of nitrogens with zero attached hydrogens (tertiary/aromatic N) is 1. The van der Waals surface area contributed by atoms with Crippen molar-refractivity contribution in [2.24, 2.45) is 0 Å². The van der Waals surface area contributed by atoms with Crippen molar-refractivity contribution < 1.29 is 4.79 Å². The van der Waals surface area contributed by atoms with E-state index in [0.717, 1.165) is 11.3 Å². The Labute approximate surface area is 87.1 Å². The molecule has 1 aliphatic heterocycles. The Hall–Kier alpha value is -1.54. The maximum absolute atomic E-state index is 11.1. The van der Waals surface area contributed by atoms with Crippen molar-refractivity contribution in [2.75, 3.05) is 4.90 Å². The number of hydrogen-bond acceptors (Lipinski definition) is 1. The largest absolute Gasteiger partial charge is 0.324 e. The van der Waals surface area contributed by atoms with Crippen LogP contribution in [0.1, 0.15) is 5.56 Å². The van der Waals surface area contributed by atoms with Gasteiger partial charge in [0.15, 0.2) is 0 Å². The Morgan fingerprint density at radius 2 is 2.00 bits per heavy atom. The molecule has 0 bridgehead atoms. The molecule has 0 N–H and O–H groups in total. The fourth-order valence-corrected chi connectivity index (χ4v) is 1.52. The van der Waals surface area contributed by atoms with E-state index in [-0.39, 0.29) is 0 Å². The highest BCUT2D eigenvalue weighted by molar-refractivity contribution is 6.66. The zero-order valence-corrected chi connectivity index (χ0v) is 8.11. The summed E-state index contributed by atoms with van der Waals surface area (Å²) in [5.41, 5.74) is 1.78. The van der Waals surface area contributed by atoms with Crippen LogP contribution < -0.4 is 4.90 Å². The number of hydrogen-bond donors (Lipinski definition) is 0. The van der Waals surface area contributed by atoms with Crippen molar-refractivity contribution in [1.82, 2.24) is 0 Å². The molecule has 0 unspecified atom stereocenters. The van der Waals surface area contributed by atoms with Gasteiger partial charge in [0.05, 0.1) is 5.69 Å². The third-order valence-corrected chi connectivity index (χ3v) is 2.19. The lowest BCUT2D eigenvalue weighted by atomic mass is 10.1. The van der Waals surface area contributed by atoms with E-state index in [9.17, 15) is 4.79 Å². The highest BCUT2D eigenvalue weighted by Crippen LogP contribution is 2.25. The van der Waals surface area contributed by atoms with Gasteiger partial charge in [-0.2, -0.15) is 0 Å². The Morgan fingerprint density at radius 1 is 1.21 bits per heavy atom. The zero-order valence-electron chi connectivity index (χ0n) is 7.35. The summed E-state index contributed by atoms with van der Waals surface area (Å²) in [5, 5.41) is -0.502. The van der Waals surface area contributed by atoms with Crippen molar-refractivity contribution in [2.45, 2.75) is 0 Å². The van der Waals surface area contributed by atoms with Gasteiger partial charge < -0.3 is 0 Å². The molecular weight excluding hydrogens is 198 g/mol. The quantitative estimate of drug-likeness (QED) is 0.470. The number of para-hydroxylation sites is 1. The molecule has 1 heterocycles. The summed E-state index contributed by atoms with van der Waals surface area (Å²) in [6, 6.07) is 7.59. The minimum atomic E-state index is -0.502. The molecular formula is C11H8ClNO. The normalized spacial score (nSPS) is 13.6. The average molecular weight is 206 g/mol. The number of rotatable bonds is 0. The second-order valence-electron chi connectivity index (χ2n) is 2.88. The minimum Gasteiger partial charge on any atom is -0.274 e. The number of carbonyl (C=O) groups excluding carboxylic acids is 1. The fourth-order valence-electron chi connectivity index (χ4n) is 1.38. The Morgan fingerprint density at radius 3 is 2.79 bits per heavy atom. The molecule has 0 saturated carbocycles. The van der Waals surface area contributed by atoms with Crippen LogP contribution in [0.5, 0.6) is 0 Å². The van der Waals surface area contributed by atoms with Gasteiger partial charge in [-0.3, -0.25) is 9.69 Å². The van der Waals surface area contributed by atoms with E-state index in [1.807, 2.05) is 36.4 Å². The molecule has 2 rings (SSSR count). The van der Waals surface area contributed by atoms with E-state index >= 15 is 0 Å². The van der Waals surface area contributed by atoms with Crippen molar-refractivity contribution in [1.29, 1.82) is 0 Å².